The number of likely N-dealkylation sites (N-methyl/N-ethyl adjacent to an activating group) is 1. The molecule has 0 radical (unpaired) electrons. The molecule has 1 aliphatic rings. The number of guanidine groups is 1. The zero-order valence-corrected chi connectivity index (χ0v) is 15.5. The molecule has 1 atom stereocenters. The van der Waals surface area contributed by atoms with E-state index < -0.39 is 0 Å². The van der Waals surface area contributed by atoms with Gasteiger partial charge in [-0.25, -0.2) is 4.39 Å². The van der Waals surface area contributed by atoms with Gasteiger partial charge in [0.2, 0.25) is 0 Å². The van der Waals surface area contributed by atoms with Gasteiger partial charge >= 0.3 is 0 Å². The van der Waals surface area contributed by atoms with E-state index in [0.717, 1.165) is 50.9 Å². The number of halogens is 1. The molecule has 0 aliphatic carbocycles. The zero-order chi connectivity index (χ0) is 18.1. The maximum absolute atomic E-state index is 13.1. The molecule has 0 aromatic heterocycles. The molecule has 1 heterocycles. The molecule has 1 unspecified atom stereocenters. The van der Waals surface area contributed by atoms with Gasteiger partial charge in [0, 0.05) is 39.8 Å². The van der Waals surface area contributed by atoms with Gasteiger partial charge in [-0.05, 0) is 31.8 Å². The summed E-state index contributed by atoms with van der Waals surface area (Å²) in [7, 11) is 5.81. The molecule has 1 aromatic rings. The summed E-state index contributed by atoms with van der Waals surface area (Å²) in [4.78, 5) is 8.77. The van der Waals surface area contributed by atoms with Crippen molar-refractivity contribution in [2.75, 3.05) is 67.1 Å². The van der Waals surface area contributed by atoms with Crippen molar-refractivity contribution in [3.63, 3.8) is 0 Å². The predicted octanol–water partition coefficient (Wildman–Crippen LogP) is 0.926. The van der Waals surface area contributed by atoms with Crippen molar-refractivity contribution in [3.05, 3.63) is 35.6 Å². The maximum atomic E-state index is 13.1. The van der Waals surface area contributed by atoms with Crippen LogP contribution in [-0.2, 0) is 4.74 Å². The molecule has 1 saturated heterocycles. The highest BCUT2D eigenvalue weighted by Gasteiger charge is 2.15. The maximum Gasteiger partial charge on any atom is 0.191 e. The number of benzene rings is 1. The van der Waals surface area contributed by atoms with Crippen LogP contribution in [0.4, 0.5) is 4.39 Å². The number of hydrogen-bond donors (Lipinski definition) is 2. The Morgan fingerprint density at radius 3 is 2.52 bits per heavy atom. The summed E-state index contributed by atoms with van der Waals surface area (Å²) < 4.78 is 18.5. The Morgan fingerprint density at radius 2 is 1.92 bits per heavy atom. The normalized spacial score (nSPS) is 17.6. The summed E-state index contributed by atoms with van der Waals surface area (Å²) in [5.74, 6) is 0.567. The number of aliphatic imine (C=N–C) groups is 1. The van der Waals surface area contributed by atoms with Gasteiger partial charge in [0.25, 0.3) is 0 Å². The lowest BCUT2D eigenvalue weighted by atomic mass is 10.1. The Hall–Kier alpha value is -1.70. The summed E-state index contributed by atoms with van der Waals surface area (Å²) in [5.41, 5.74) is 1.07. The van der Waals surface area contributed by atoms with Crippen LogP contribution in [0.5, 0.6) is 0 Å². The molecule has 1 fully saturated rings. The second kappa shape index (κ2) is 10.3. The first-order valence-electron chi connectivity index (χ1n) is 8.76. The lowest BCUT2D eigenvalue weighted by molar-refractivity contribution is 0.0389. The Morgan fingerprint density at radius 1 is 1.24 bits per heavy atom. The smallest absolute Gasteiger partial charge is 0.191 e. The molecule has 1 aliphatic heterocycles. The van der Waals surface area contributed by atoms with Gasteiger partial charge in [0.1, 0.15) is 5.82 Å². The zero-order valence-electron chi connectivity index (χ0n) is 15.5. The fourth-order valence-corrected chi connectivity index (χ4v) is 2.85. The van der Waals surface area contributed by atoms with E-state index in [9.17, 15) is 4.39 Å². The third-order valence-corrected chi connectivity index (χ3v) is 4.39. The van der Waals surface area contributed by atoms with E-state index in [1.165, 1.54) is 12.1 Å². The van der Waals surface area contributed by atoms with Crippen molar-refractivity contribution in [3.8, 4) is 0 Å². The van der Waals surface area contributed by atoms with Gasteiger partial charge in [-0.15, -0.1) is 0 Å². The van der Waals surface area contributed by atoms with Crippen LogP contribution in [0.1, 0.15) is 11.6 Å². The van der Waals surface area contributed by atoms with Crippen molar-refractivity contribution in [2.24, 2.45) is 4.99 Å². The lowest BCUT2D eigenvalue weighted by Gasteiger charge is -2.28. The van der Waals surface area contributed by atoms with Crippen molar-refractivity contribution < 1.29 is 9.13 Å². The van der Waals surface area contributed by atoms with Crippen LogP contribution in [0.3, 0.4) is 0 Å². The SMILES string of the molecule is CN=C(NCCN1CCOCC1)NCC(c1ccc(F)cc1)N(C)C. The minimum atomic E-state index is -0.213. The van der Waals surface area contributed by atoms with Gasteiger partial charge in [-0.2, -0.15) is 0 Å². The Bertz CT molecular complexity index is 529. The highest BCUT2D eigenvalue weighted by Crippen LogP contribution is 2.17. The molecule has 25 heavy (non-hydrogen) atoms. The number of hydrogen-bond acceptors (Lipinski definition) is 4. The van der Waals surface area contributed by atoms with Crippen LogP contribution in [0, 0.1) is 5.82 Å². The molecule has 140 valence electrons. The van der Waals surface area contributed by atoms with Crippen molar-refractivity contribution in [1.29, 1.82) is 0 Å². The first kappa shape index (κ1) is 19.6. The lowest BCUT2D eigenvalue weighted by Crippen LogP contribution is -2.46. The Kier molecular flexibility index (Phi) is 8.11. The van der Waals surface area contributed by atoms with E-state index in [2.05, 4.69) is 25.4 Å². The fraction of sp³-hybridized carbons (Fsp3) is 0.611. The second-order valence-electron chi connectivity index (χ2n) is 6.36. The summed E-state index contributed by atoms with van der Waals surface area (Å²) >= 11 is 0. The van der Waals surface area contributed by atoms with Gasteiger partial charge in [0.15, 0.2) is 5.96 Å². The van der Waals surface area contributed by atoms with E-state index in [-0.39, 0.29) is 11.9 Å². The summed E-state index contributed by atoms with van der Waals surface area (Å²) in [6.45, 7) is 6.10. The molecule has 0 saturated carbocycles. The molecular formula is C18H30FN5O. The Labute approximate surface area is 150 Å². The molecule has 2 rings (SSSR count). The van der Waals surface area contributed by atoms with E-state index in [1.807, 2.05) is 26.2 Å². The van der Waals surface area contributed by atoms with Crippen LogP contribution in [-0.4, -0.2) is 82.8 Å². The van der Waals surface area contributed by atoms with E-state index >= 15 is 0 Å². The number of nitrogens with zero attached hydrogens (tertiary/aromatic N) is 3. The summed E-state index contributed by atoms with van der Waals surface area (Å²) in [6, 6.07) is 6.80. The molecular weight excluding hydrogens is 321 g/mol. The summed E-state index contributed by atoms with van der Waals surface area (Å²) in [6.07, 6.45) is 0. The molecule has 6 nitrogen and oxygen atoms in total. The van der Waals surface area contributed by atoms with E-state index in [4.69, 9.17) is 4.74 Å². The van der Waals surface area contributed by atoms with Gasteiger partial charge in [-0.1, -0.05) is 12.1 Å². The predicted molar refractivity (Wildman–Crippen MR) is 99.5 cm³/mol. The number of ether oxygens (including phenoxy) is 1. The monoisotopic (exact) mass is 351 g/mol. The minimum Gasteiger partial charge on any atom is -0.379 e. The average Bonchev–Trinajstić information content (AvgIpc) is 2.62. The quantitative estimate of drug-likeness (QED) is 0.565. The third kappa shape index (κ3) is 6.61. The van der Waals surface area contributed by atoms with Gasteiger partial charge < -0.3 is 20.3 Å². The molecule has 0 amide bonds. The van der Waals surface area contributed by atoms with Gasteiger partial charge in [-0.3, -0.25) is 9.89 Å². The second-order valence-corrected chi connectivity index (χ2v) is 6.36. The number of morpholine rings is 1. The van der Waals surface area contributed by atoms with Crippen molar-refractivity contribution >= 4 is 5.96 Å². The third-order valence-electron chi connectivity index (χ3n) is 4.39. The highest BCUT2D eigenvalue weighted by molar-refractivity contribution is 5.79. The fourth-order valence-electron chi connectivity index (χ4n) is 2.85. The first-order valence-corrected chi connectivity index (χ1v) is 8.76. The van der Waals surface area contributed by atoms with Crippen LogP contribution in [0.15, 0.2) is 29.3 Å². The molecule has 0 spiro atoms. The van der Waals surface area contributed by atoms with E-state index in [0.29, 0.717) is 6.54 Å². The molecule has 0 bridgehead atoms. The molecule has 1 aromatic carbocycles. The van der Waals surface area contributed by atoms with Crippen LogP contribution < -0.4 is 10.6 Å². The summed E-state index contributed by atoms with van der Waals surface area (Å²) in [5, 5.41) is 6.71. The topological polar surface area (TPSA) is 52.1 Å². The minimum absolute atomic E-state index is 0.137. The average molecular weight is 351 g/mol. The van der Waals surface area contributed by atoms with Crippen LogP contribution in [0.2, 0.25) is 0 Å². The molecule has 7 heteroatoms. The molecule has 2 N–H and O–H groups in total. The van der Waals surface area contributed by atoms with Crippen molar-refractivity contribution in [2.45, 2.75) is 6.04 Å². The standard InChI is InChI=1S/C18H30FN5O/c1-20-18(21-8-9-24-10-12-25-13-11-24)22-14-17(23(2)3)15-4-6-16(19)7-5-15/h4-7,17H,8-14H2,1-3H3,(H2,20,21,22). The highest BCUT2D eigenvalue weighted by atomic mass is 19.1. The van der Waals surface area contributed by atoms with Crippen LogP contribution in [0.25, 0.3) is 0 Å². The van der Waals surface area contributed by atoms with Crippen molar-refractivity contribution in [1.82, 2.24) is 20.4 Å². The van der Waals surface area contributed by atoms with E-state index in [1.54, 1.807) is 7.05 Å². The van der Waals surface area contributed by atoms with Gasteiger partial charge in [0.05, 0.1) is 19.3 Å². The Balaban J connectivity index is 1.79. The number of rotatable bonds is 7. The largest absolute Gasteiger partial charge is 0.379 e. The number of nitrogens with one attached hydrogen (secondary N) is 2. The van der Waals surface area contributed by atoms with Crippen LogP contribution >= 0.6 is 0 Å². The first-order chi connectivity index (χ1) is 12.1.